The number of hydrogen-bond acceptors (Lipinski definition) is 5. The van der Waals surface area contributed by atoms with Crippen LogP contribution in [0, 0.1) is 0 Å². The van der Waals surface area contributed by atoms with Gasteiger partial charge in [0.05, 0.1) is 13.1 Å². The molecule has 2 aromatic carbocycles. The van der Waals surface area contributed by atoms with Crippen LogP contribution in [-0.4, -0.2) is 25.1 Å². The molecule has 1 amide bonds. The summed E-state index contributed by atoms with van der Waals surface area (Å²) in [6, 6.07) is 13.1. The number of anilines is 1. The van der Waals surface area contributed by atoms with Crippen molar-refractivity contribution in [2.75, 3.05) is 12.4 Å². The first-order chi connectivity index (χ1) is 11.0. The zero-order valence-electron chi connectivity index (χ0n) is 12.7. The molecule has 6 heteroatoms. The van der Waals surface area contributed by atoms with Crippen LogP contribution in [0.1, 0.15) is 17.3 Å². The molecule has 1 N–H and O–H groups in total. The second-order valence-electron chi connectivity index (χ2n) is 4.79. The second kappa shape index (κ2) is 7.31. The lowest BCUT2D eigenvalue weighted by Crippen LogP contribution is -2.37. The lowest BCUT2D eigenvalue weighted by Gasteiger charge is -2.15. The fourth-order valence-electron chi connectivity index (χ4n) is 1.81. The van der Waals surface area contributed by atoms with Gasteiger partial charge in [0.2, 0.25) is 0 Å². The highest BCUT2D eigenvalue weighted by atomic mass is 16.5. The third-order valence-electron chi connectivity index (χ3n) is 3.11. The van der Waals surface area contributed by atoms with Crippen molar-refractivity contribution in [3.05, 3.63) is 54.1 Å². The SMILES string of the molecule is COc1ccc(NC(=O)c2ccc(O[C@H](C)C(=O)[O-])cc2)cc1. The van der Waals surface area contributed by atoms with Gasteiger partial charge in [-0.25, -0.2) is 0 Å². The Hall–Kier alpha value is -3.02. The highest BCUT2D eigenvalue weighted by Crippen LogP contribution is 2.17. The fraction of sp³-hybridized carbons (Fsp3) is 0.176. The smallest absolute Gasteiger partial charge is 0.255 e. The summed E-state index contributed by atoms with van der Waals surface area (Å²) in [7, 11) is 1.57. The lowest BCUT2D eigenvalue weighted by atomic mass is 10.2. The molecule has 0 fully saturated rings. The molecule has 0 saturated heterocycles. The van der Waals surface area contributed by atoms with Gasteiger partial charge in [0, 0.05) is 11.3 Å². The van der Waals surface area contributed by atoms with E-state index in [2.05, 4.69) is 5.32 Å². The number of hydrogen-bond donors (Lipinski definition) is 1. The number of nitrogens with one attached hydrogen (secondary N) is 1. The van der Waals surface area contributed by atoms with Gasteiger partial charge in [-0.2, -0.15) is 0 Å². The zero-order chi connectivity index (χ0) is 16.8. The monoisotopic (exact) mass is 314 g/mol. The first kappa shape index (κ1) is 16.4. The summed E-state index contributed by atoms with van der Waals surface area (Å²) in [6.07, 6.45) is -1.06. The summed E-state index contributed by atoms with van der Waals surface area (Å²) in [5.74, 6) is -0.532. The quantitative estimate of drug-likeness (QED) is 0.872. The fourth-order valence-corrected chi connectivity index (χ4v) is 1.81. The normalized spacial score (nSPS) is 11.4. The van der Waals surface area contributed by atoms with Crippen molar-refractivity contribution in [3.8, 4) is 11.5 Å². The minimum atomic E-state index is -1.30. The maximum atomic E-state index is 12.1. The molecule has 1 atom stereocenters. The van der Waals surface area contributed by atoms with Crippen LogP contribution in [0.3, 0.4) is 0 Å². The summed E-state index contributed by atoms with van der Waals surface area (Å²) < 4.78 is 10.2. The number of aliphatic carboxylic acids is 1. The summed E-state index contributed by atoms with van der Waals surface area (Å²) >= 11 is 0. The molecule has 0 spiro atoms. The molecule has 2 aromatic rings. The molecule has 23 heavy (non-hydrogen) atoms. The predicted molar refractivity (Wildman–Crippen MR) is 82.5 cm³/mol. The van der Waals surface area contributed by atoms with E-state index in [1.165, 1.54) is 19.1 Å². The van der Waals surface area contributed by atoms with Crippen LogP contribution in [0.4, 0.5) is 5.69 Å². The molecule has 6 nitrogen and oxygen atoms in total. The third kappa shape index (κ3) is 4.47. The first-order valence-electron chi connectivity index (χ1n) is 6.92. The summed E-state index contributed by atoms with van der Waals surface area (Å²) in [4.78, 5) is 22.7. The Balaban J connectivity index is 2.00. The van der Waals surface area contributed by atoms with E-state index < -0.39 is 12.1 Å². The molecule has 0 saturated carbocycles. The van der Waals surface area contributed by atoms with Crippen LogP contribution in [0.25, 0.3) is 0 Å². The number of amides is 1. The number of benzene rings is 2. The van der Waals surface area contributed by atoms with Gasteiger partial charge >= 0.3 is 0 Å². The Morgan fingerprint density at radius 1 is 1.00 bits per heavy atom. The molecule has 120 valence electrons. The van der Waals surface area contributed by atoms with E-state index in [9.17, 15) is 14.7 Å². The van der Waals surface area contributed by atoms with E-state index in [0.29, 0.717) is 22.7 Å². The number of carbonyl (C=O) groups excluding carboxylic acids is 2. The minimum Gasteiger partial charge on any atom is -0.546 e. The largest absolute Gasteiger partial charge is 0.546 e. The van der Waals surface area contributed by atoms with E-state index in [-0.39, 0.29) is 5.91 Å². The molecular weight excluding hydrogens is 298 g/mol. The minimum absolute atomic E-state index is 0.283. The molecule has 0 radical (unpaired) electrons. The van der Waals surface area contributed by atoms with Crippen molar-refractivity contribution >= 4 is 17.6 Å². The average molecular weight is 314 g/mol. The average Bonchev–Trinajstić information content (AvgIpc) is 2.56. The van der Waals surface area contributed by atoms with Gasteiger partial charge in [-0.05, 0) is 55.5 Å². The van der Waals surface area contributed by atoms with Crippen molar-refractivity contribution in [1.29, 1.82) is 0 Å². The van der Waals surface area contributed by atoms with Gasteiger partial charge in [-0.1, -0.05) is 0 Å². The predicted octanol–water partition coefficient (Wildman–Crippen LogP) is 1.46. The molecule has 0 aliphatic rings. The van der Waals surface area contributed by atoms with Gasteiger partial charge in [-0.15, -0.1) is 0 Å². The van der Waals surface area contributed by atoms with E-state index in [1.807, 2.05) is 0 Å². The molecule has 2 rings (SSSR count). The van der Waals surface area contributed by atoms with E-state index in [1.54, 1.807) is 43.5 Å². The molecule has 0 aromatic heterocycles. The van der Waals surface area contributed by atoms with Gasteiger partial charge in [0.15, 0.2) is 0 Å². The molecule has 0 aliphatic carbocycles. The maximum absolute atomic E-state index is 12.1. The number of carbonyl (C=O) groups is 2. The van der Waals surface area contributed by atoms with Gasteiger partial charge in [-0.3, -0.25) is 4.79 Å². The topological polar surface area (TPSA) is 87.7 Å². The molecular formula is C17H16NO5-. The van der Waals surface area contributed by atoms with Crippen LogP contribution < -0.4 is 19.9 Å². The van der Waals surface area contributed by atoms with Crippen molar-refractivity contribution in [2.45, 2.75) is 13.0 Å². The Morgan fingerprint density at radius 2 is 1.57 bits per heavy atom. The van der Waals surface area contributed by atoms with Crippen LogP contribution in [0.15, 0.2) is 48.5 Å². The van der Waals surface area contributed by atoms with Crippen LogP contribution in [-0.2, 0) is 4.79 Å². The Morgan fingerprint density at radius 3 is 2.09 bits per heavy atom. The molecule has 0 unspecified atom stereocenters. The molecule has 0 bridgehead atoms. The lowest BCUT2D eigenvalue weighted by molar-refractivity contribution is -0.312. The van der Waals surface area contributed by atoms with Gasteiger partial charge in [0.1, 0.15) is 17.6 Å². The number of carboxylic acids is 1. The molecule has 0 aliphatic heterocycles. The Bertz CT molecular complexity index is 679. The number of methoxy groups -OCH3 is 1. The third-order valence-corrected chi connectivity index (χ3v) is 3.11. The van der Waals surface area contributed by atoms with Crippen molar-refractivity contribution in [2.24, 2.45) is 0 Å². The number of ether oxygens (including phenoxy) is 2. The van der Waals surface area contributed by atoms with Crippen LogP contribution in [0.5, 0.6) is 11.5 Å². The van der Waals surface area contributed by atoms with Crippen molar-refractivity contribution < 1.29 is 24.2 Å². The Kier molecular flexibility index (Phi) is 5.19. The highest BCUT2D eigenvalue weighted by molar-refractivity contribution is 6.04. The number of rotatable bonds is 6. The van der Waals surface area contributed by atoms with Crippen LogP contribution in [0.2, 0.25) is 0 Å². The van der Waals surface area contributed by atoms with Gasteiger partial charge < -0.3 is 24.7 Å². The van der Waals surface area contributed by atoms with Gasteiger partial charge in [0.25, 0.3) is 5.91 Å². The van der Waals surface area contributed by atoms with Crippen molar-refractivity contribution in [1.82, 2.24) is 0 Å². The zero-order valence-corrected chi connectivity index (χ0v) is 12.7. The van der Waals surface area contributed by atoms with Crippen molar-refractivity contribution in [3.63, 3.8) is 0 Å². The summed E-state index contributed by atoms with van der Waals surface area (Å²) in [6.45, 7) is 1.37. The van der Waals surface area contributed by atoms with E-state index in [4.69, 9.17) is 9.47 Å². The molecule has 0 heterocycles. The standard InChI is InChI=1S/C17H17NO5/c1-11(17(20)21)23-15-7-3-12(4-8-15)16(19)18-13-5-9-14(22-2)10-6-13/h3-11H,1-2H3,(H,18,19)(H,20,21)/p-1/t11-/m1/s1. The summed E-state index contributed by atoms with van der Waals surface area (Å²) in [5, 5.41) is 13.4. The number of carboxylic acid groups (broad SMARTS) is 1. The summed E-state index contributed by atoms with van der Waals surface area (Å²) in [5.41, 5.74) is 1.07. The van der Waals surface area contributed by atoms with E-state index >= 15 is 0 Å². The van der Waals surface area contributed by atoms with Crippen LogP contribution >= 0.6 is 0 Å². The Labute approximate surface area is 133 Å². The first-order valence-corrected chi connectivity index (χ1v) is 6.92. The highest BCUT2D eigenvalue weighted by Gasteiger charge is 2.08. The van der Waals surface area contributed by atoms with E-state index in [0.717, 1.165) is 0 Å². The maximum Gasteiger partial charge on any atom is 0.255 e. The second-order valence-corrected chi connectivity index (χ2v) is 4.79.